The molecule has 0 aromatic heterocycles. The molecule has 0 N–H and O–H groups in total. The molecule has 3 heteroatoms. The smallest absolute Gasteiger partial charge is 0.161 e. The summed E-state index contributed by atoms with van der Waals surface area (Å²) in [5.74, 6) is 1.74. The van der Waals surface area contributed by atoms with E-state index in [-0.39, 0.29) is 0 Å². The predicted molar refractivity (Wildman–Crippen MR) is 276 cm³/mol. The van der Waals surface area contributed by atoms with Gasteiger partial charge in [0.05, 0.1) is 13.2 Å². The summed E-state index contributed by atoms with van der Waals surface area (Å²) in [6.07, 6.45) is 56.5. The molecule has 61 heavy (non-hydrogen) atoms. The number of hydrogen-bond acceptors (Lipinski definition) is 3. The minimum Gasteiger partial charge on any atom is -0.490 e. The van der Waals surface area contributed by atoms with Crippen molar-refractivity contribution in [2.24, 2.45) is 0 Å². The van der Waals surface area contributed by atoms with Crippen LogP contribution in [0.1, 0.15) is 275 Å². The zero-order chi connectivity index (χ0) is 43.5. The monoisotopic (exact) mass is 859 g/mol. The maximum Gasteiger partial charge on any atom is 0.161 e. The van der Waals surface area contributed by atoms with Crippen LogP contribution in [-0.4, -0.2) is 18.1 Å². The summed E-state index contributed by atoms with van der Waals surface area (Å²) in [4.78, 5) is 0.860. The molecule has 2 aromatic rings. The number of hydrogen-bond donors (Lipinski definition) is 0. The Hall–Kier alpha value is -2.13. The number of aryl methyl sites for hydroxylation is 1. The SMILES string of the molecule is CCCCCCCCCCCCCCCCCCCCOc1ccc(C=CC(=S)c2ccc(CCC)cc2)cc1OCCCCCCCCCCCCCCCCCCCC. The summed E-state index contributed by atoms with van der Waals surface area (Å²) in [5.41, 5.74) is 3.56. The van der Waals surface area contributed by atoms with E-state index in [1.807, 2.05) is 0 Å². The minimum absolute atomic E-state index is 0.740. The van der Waals surface area contributed by atoms with Gasteiger partial charge < -0.3 is 9.47 Å². The van der Waals surface area contributed by atoms with Gasteiger partial charge in [0.1, 0.15) is 0 Å². The zero-order valence-electron chi connectivity index (χ0n) is 40.7. The Morgan fingerprint density at radius 1 is 0.393 bits per heavy atom. The third-order valence-corrected chi connectivity index (χ3v) is 13.1. The van der Waals surface area contributed by atoms with Crippen LogP contribution >= 0.6 is 12.2 Å². The third kappa shape index (κ3) is 32.2. The van der Waals surface area contributed by atoms with Gasteiger partial charge in [0.2, 0.25) is 0 Å². The highest BCUT2D eigenvalue weighted by molar-refractivity contribution is 7.81. The summed E-state index contributed by atoms with van der Waals surface area (Å²) in [6.45, 7) is 8.32. The van der Waals surface area contributed by atoms with E-state index in [0.29, 0.717) is 0 Å². The van der Waals surface area contributed by atoms with Gasteiger partial charge in [-0.05, 0) is 54.2 Å². The standard InChI is InChI=1S/C58H98O2S/c1-4-7-9-11-13-15-17-19-21-23-25-27-29-31-33-35-37-39-50-59-56-48-44-54(45-49-58(61)55-46-42-53(41-6-3)43-47-55)52-57(56)60-51-40-38-36-34-32-30-28-26-24-22-20-18-16-14-12-10-8-5-2/h42-49,52H,4-41,50-51H2,1-3H3. The topological polar surface area (TPSA) is 18.5 Å². The Balaban J connectivity index is 1.63. The van der Waals surface area contributed by atoms with Crippen molar-refractivity contribution in [3.05, 3.63) is 65.2 Å². The van der Waals surface area contributed by atoms with Gasteiger partial charge in [-0.3, -0.25) is 0 Å². The third-order valence-electron chi connectivity index (χ3n) is 12.7. The summed E-state index contributed by atoms with van der Waals surface area (Å²) in [6, 6.07) is 15.1. The van der Waals surface area contributed by atoms with Crippen molar-refractivity contribution in [3.8, 4) is 11.5 Å². The van der Waals surface area contributed by atoms with E-state index in [4.69, 9.17) is 21.7 Å². The molecule has 0 aliphatic carbocycles. The Morgan fingerprint density at radius 3 is 1.10 bits per heavy atom. The second-order valence-electron chi connectivity index (χ2n) is 18.6. The molecule has 0 aliphatic rings. The average molecular weight is 859 g/mol. The van der Waals surface area contributed by atoms with Crippen LogP contribution in [0, 0.1) is 0 Å². The number of rotatable bonds is 45. The lowest BCUT2D eigenvalue weighted by molar-refractivity contribution is 0.258. The van der Waals surface area contributed by atoms with E-state index in [0.717, 1.165) is 66.4 Å². The van der Waals surface area contributed by atoms with Gasteiger partial charge in [0.25, 0.3) is 0 Å². The average Bonchev–Trinajstić information content (AvgIpc) is 3.28. The normalized spacial score (nSPS) is 11.5. The highest BCUT2D eigenvalue weighted by Crippen LogP contribution is 2.30. The fourth-order valence-electron chi connectivity index (χ4n) is 8.62. The molecule has 0 saturated carbocycles. The lowest BCUT2D eigenvalue weighted by Gasteiger charge is -2.14. The molecule has 0 spiro atoms. The van der Waals surface area contributed by atoms with E-state index in [9.17, 15) is 0 Å². The van der Waals surface area contributed by atoms with Crippen LogP contribution in [0.15, 0.2) is 48.5 Å². The van der Waals surface area contributed by atoms with E-state index >= 15 is 0 Å². The number of ether oxygens (including phenoxy) is 2. The second-order valence-corrected chi connectivity index (χ2v) is 19.0. The Labute approximate surface area is 385 Å². The van der Waals surface area contributed by atoms with Crippen LogP contribution in [0.25, 0.3) is 6.08 Å². The number of benzene rings is 2. The molecule has 2 rings (SSSR count). The molecule has 0 atom stereocenters. The van der Waals surface area contributed by atoms with Gasteiger partial charge in [-0.15, -0.1) is 0 Å². The van der Waals surface area contributed by atoms with Crippen LogP contribution in [-0.2, 0) is 6.42 Å². The fraction of sp³-hybridized carbons (Fsp3) is 0.741. The van der Waals surface area contributed by atoms with Crippen LogP contribution in [0.2, 0.25) is 0 Å². The Bertz CT molecular complexity index is 1280. The van der Waals surface area contributed by atoms with Gasteiger partial charge >= 0.3 is 0 Å². The molecule has 0 fully saturated rings. The summed E-state index contributed by atoms with van der Waals surface area (Å²) in [5, 5.41) is 0. The Morgan fingerprint density at radius 2 is 0.738 bits per heavy atom. The zero-order valence-corrected chi connectivity index (χ0v) is 41.5. The molecular weight excluding hydrogens is 761 g/mol. The first-order chi connectivity index (χ1) is 30.2. The molecule has 0 aliphatic heterocycles. The lowest BCUT2D eigenvalue weighted by Crippen LogP contribution is -2.03. The van der Waals surface area contributed by atoms with Crippen LogP contribution in [0.3, 0.4) is 0 Å². The Kier molecular flexibility index (Phi) is 37.7. The predicted octanol–water partition coefficient (Wildman–Crippen LogP) is 19.9. The van der Waals surface area contributed by atoms with Crippen molar-refractivity contribution < 1.29 is 9.47 Å². The molecule has 2 aromatic carbocycles. The van der Waals surface area contributed by atoms with Crippen LogP contribution < -0.4 is 9.47 Å². The summed E-state index contributed by atoms with van der Waals surface area (Å²) < 4.78 is 12.8. The van der Waals surface area contributed by atoms with Gasteiger partial charge in [0, 0.05) is 4.86 Å². The van der Waals surface area contributed by atoms with E-state index < -0.39 is 0 Å². The van der Waals surface area contributed by atoms with E-state index in [1.165, 1.54) is 224 Å². The first-order valence-corrected chi connectivity index (χ1v) is 27.3. The van der Waals surface area contributed by atoms with Gasteiger partial charge in [0.15, 0.2) is 11.5 Å². The van der Waals surface area contributed by atoms with Crippen molar-refractivity contribution in [3.63, 3.8) is 0 Å². The van der Waals surface area contributed by atoms with Crippen molar-refractivity contribution in [2.75, 3.05) is 13.2 Å². The first-order valence-electron chi connectivity index (χ1n) is 26.9. The van der Waals surface area contributed by atoms with Crippen LogP contribution in [0.5, 0.6) is 11.5 Å². The molecule has 0 radical (unpaired) electrons. The van der Waals surface area contributed by atoms with Gasteiger partial charge in [-0.2, -0.15) is 0 Å². The van der Waals surface area contributed by atoms with E-state index in [2.05, 4.69) is 75.4 Å². The summed E-state index contributed by atoms with van der Waals surface area (Å²) in [7, 11) is 0. The quantitative estimate of drug-likeness (QED) is 0.0286. The summed E-state index contributed by atoms with van der Waals surface area (Å²) >= 11 is 5.79. The molecule has 348 valence electrons. The molecule has 0 heterocycles. The number of thiocarbonyl (C=S) groups is 1. The maximum atomic E-state index is 6.43. The van der Waals surface area contributed by atoms with Gasteiger partial charge in [-0.1, -0.05) is 294 Å². The highest BCUT2D eigenvalue weighted by atomic mass is 32.1. The molecule has 2 nitrogen and oxygen atoms in total. The van der Waals surface area contributed by atoms with Crippen molar-refractivity contribution >= 4 is 23.2 Å². The lowest BCUT2D eigenvalue weighted by atomic mass is 10.0. The number of unbranched alkanes of at least 4 members (excludes halogenated alkanes) is 34. The van der Waals surface area contributed by atoms with E-state index in [1.54, 1.807) is 0 Å². The highest BCUT2D eigenvalue weighted by Gasteiger charge is 2.08. The number of allylic oxidation sites excluding steroid dienone is 1. The van der Waals surface area contributed by atoms with Crippen molar-refractivity contribution in [1.29, 1.82) is 0 Å². The van der Waals surface area contributed by atoms with Crippen molar-refractivity contribution in [1.82, 2.24) is 0 Å². The first kappa shape index (κ1) is 55.0. The molecule has 0 saturated heterocycles. The second kappa shape index (κ2) is 41.9. The minimum atomic E-state index is 0.740. The van der Waals surface area contributed by atoms with Gasteiger partial charge in [-0.25, -0.2) is 0 Å². The van der Waals surface area contributed by atoms with Crippen molar-refractivity contribution in [2.45, 2.75) is 265 Å². The fourth-order valence-corrected chi connectivity index (χ4v) is 8.83. The molecular formula is C58H98O2S. The molecule has 0 amide bonds. The molecule has 0 bridgehead atoms. The molecule has 0 unspecified atom stereocenters. The largest absolute Gasteiger partial charge is 0.490 e. The van der Waals surface area contributed by atoms with Crippen LogP contribution in [0.4, 0.5) is 0 Å². The maximum absolute atomic E-state index is 6.43.